The average molecular weight is 204 g/mol. The van der Waals surface area contributed by atoms with Gasteiger partial charge in [-0.15, -0.1) is 0 Å². The number of rotatable bonds is 5. The first kappa shape index (κ1) is 15.8. The molecule has 0 heterocycles. The molecule has 4 nitrogen and oxygen atoms in total. The molecule has 0 aromatic carbocycles. The van der Waals surface area contributed by atoms with Crippen LogP contribution in [0.2, 0.25) is 0 Å². The van der Waals surface area contributed by atoms with Crippen molar-refractivity contribution >= 4 is 5.91 Å². The minimum atomic E-state index is 0.0394. The molecule has 0 aromatic rings. The number of hydrogen-bond acceptors (Lipinski definition) is 3. The molecule has 0 aromatic heterocycles. The highest BCUT2D eigenvalue weighted by Gasteiger charge is 1.93. The van der Waals surface area contributed by atoms with E-state index in [4.69, 9.17) is 5.11 Å². The van der Waals surface area contributed by atoms with Crippen molar-refractivity contribution in [1.29, 1.82) is 0 Å². The van der Waals surface area contributed by atoms with Gasteiger partial charge in [0.1, 0.15) is 0 Å². The topological polar surface area (TPSA) is 52.6 Å². The number of amides is 1. The summed E-state index contributed by atoms with van der Waals surface area (Å²) in [6.45, 7) is 11.5. The number of hydrogen-bond donors (Lipinski definition) is 2. The highest BCUT2D eigenvalue weighted by atomic mass is 16.3. The van der Waals surface area contributed by atoms with Crippen molar-refractivity contribution in [3.63, 3.8) is 0 Å². The molecule has 86 valence electrons. The van der Waals surface area contributed by atoms with Gasteiger partial charge in [-0.2, -0.15) is 0 Å². The molecule has 0 bridgehead atoms. The molecule has 0 radical (unpaired) electrons. The van der Waals surface area contributed by atoms with Gasteiger partial charge in [-0.05, 0) is 20.0 Å². The summed E-state index contributed by atoms with van der Waals surface area (Å²) in [4.78, 5) is 12.1. The summed E-state index contributed by atoms with van der Waals surface area (Å²) in [5.74, 6) is 0.0394. The quantitative estimate of drug-likeness (QED) is 0.684. The Labute approximate surface area is 87.3 Å². The van der Waals surface area contributed by atoms with Gasteiger partial charge in [0, 0.05) is 20.0 Å². The summed E-state index contributed by atoms with van der Waals surface area (Å²) >= 11 is 0. The van der Waals surface area contributed by atoms with Gasteiger partial charge in [-0.25, -0.2) is 0 Å². The molecule has 0 aliphatic heterocycles. The van der Waals surface area contributed by atoms with E-state index in [1.807, 2.05) is 6.92 Å². The molecule has 0 spiro atoms. The van der Waals surface area contributed by atoms with Crippen LogP contribution in [-0.4, -0.2) is 48.7 Å². The minimum absolute atomic E-state index is 0.0394. The molecule has 0 saturated carbocycles. The standard InChI is InChI=1S/C6H15NO.C4H9NO/c1-3-7(4-2)5-6-8;1-3-5-4(2)6/h8H,3-6H2,1-2H3;3H2,1-2H3,(H,5,6). The zero-order valence-electron chi connectivity index (χ0n) is 9.84. The van der Waals surface area contributed by atoms with Crippen LogP contribution in [0.5, 0.6) is 0 Å². The maximum atomic E-state index is 9.93. The highest BCUT2D eigenvalue weighted by molar-refractivity contribution is 5.72. The Hall–Kier alpha value is -0.610. The first-order valence-electron chi connectivity index (χ1n) is 5.19. The second-order valence-electron chi connectivity index (χ2n) is 2.84. The van der Waals surface area contributed by atoms with Gasteiger partial charge >= 0.3 is 0 Å². The minimum Gasteiger partial charge on any atom is -0.395 e. The van der Waals surface area contributed by atoms with E-state index in [1.54, 1.807) is 0 Å². The monoisotopic (exact) mass is 204 g/mol. The predicted octanol–water partition coefficient (Wildman–Crippen LogP) is 0.463. The lowest BCUT2D eigenvalue weighted by Crippen LogP contribution is -2.25. The number of carbonyl (C=O) groups excluding carboxylic acids is 1. The van der Waals surface area contributed by atoms with E-state index in [2.05, 4.69) is 24.1 Å². The van der Waals surface area contributed by atoms with Crippen molar-refractivity contribution in [3.8, 4) is 0 Å². The van der Waals surface area contributed by atoms with E-state index in [0.29, 0.717) is 0 Å². The van der Waals surface area contributed by atoms with Crippen LogP contribution in [0, 0.1) is 0 Å². The molecular weight excluding hydrogens is 180 g/mol. The van der Waals surface area contributed by atoms with Crippen LogP contribution in [-0.2, 0) is 4.79 Å². The highest BCUT2D eigenvalue weighted by Crippen LogP contribution is 1.82. The van der Waals surface area contributed by atoms with Gasteiger partial charge in [0.2, 0.25) is 5.91 Å². The summed E-state index contributed by atoms with van der Waals surface area (Å²) in [5, 5.41) is 11.0. The fraction of sp³-hybridized carbons (Fsp3) is 0.900. The SMILES string of the molecule is CCN(CC)CCO.CCNC(C)=O. The molecule has 1 amide bonds. The number of aliphatic hydroxyl groups excluding tert-OH is 1. The van der Waals surface area contributed by atoms with E-state index < -0.39 is 0 Å². The van der Waals surface area contributed by atoms with E-state index in [-0.39, 0.29) is 12.5 Å². The second kappa shape index (κ2) is 12.4. The summed E-state index contributed by atoms with van der Waals surface area (Å²) < 4.78 is 0. The maximum absolute atomic E-state index is 9.93. The molecule has 0 fully saturated rings. The van der Waals surface area contributed by atoms with Crippen molar-refractivity contribution in [3.05, 3.63) is 0 Å². The Morgan fingerprint density at radius 1 is 1.29 bits per heavy atom. The van der Waals surface area contributed by atoms with Crippen LogP contribution in [0.15, 0.2) is 0 Å². The second-order valence-corrected chi connectivity index (χ2v) is 2.84. The van der Waals surface area contributed by atoms with Crippen LogP contribution >= 0.6 is 0 Å². The maximum Gasteiger partial charge on any atom is 0.216 e. The van der Waals surface area contributed by atoms with Crippen LogP contribution in [0.4, 0.5) is 0 Å². The smallest absolute Gasteiger partial charge is 0.216 e. The average Bonchev–Trinajstić information content (AvgIpc) is 2.15. The molecule has 0 aliphatic carbocycles. The lowest BCUT2D eigenvalue weighted by atomic mass is 10.5. The van der Waals surface area contributed by atoms with Crippen molar-refractivity contribution in [2.75, 3.05) is 32.8 Å². The fourth-order valence-electron chi connectivity index (χ4n) is 0.930. The van der Waals surface area contributed by atoms with Crippen LogP contribution in [0.1, 0.15) is 27.7 Å². The number of aliphatic hydroxyl groups is 1. The van der Waals surface area contributed by atoms with E-state index in [0.717, 1.165) is 26.2 Å². The lowest BCUT2D eigenvalue weighted by Gasteiger charge is -2.15. The number of nitrogens with one attached hydrogen (secondary N) is 1. The molecule has 0 atom stereocenters. The molecule has 0 aliphatic rings. The van der Waals surface area contributed by atoms with Crippen LogP contribution in [0.3, 0.4) is 0 Å². The third kappa shape index (κ3) is 13.9. The van der Waals surface area contributed by atoms with Gasteiger partial charge in [0.25, 0.3) is 0 Å². The van der Waals surface area contributed by atoms with Crippen LogP contribution < -0.4 is 5.32 Å². The number of likely N-dealkylation sites (N-methyl/N-ethyl adjacent to an activating group) is 1. The fourth-order valence-corrected chi connectivity index (χ4v) is 0.930. The van der Waals surface area contributed by atoms with Crippen molar-refractivity contribution < 1.29 is 9.90 Å². The third-order valence-electron chi connectivity index (χ3n) is 1.74. The zero-order chi connectivity index (χ0) is 11.4. The summed E-state index contributed by atoms with van der Waals surface area (Å²) in [6, 6.07) is 0. The van der Waals surface area contributed by atoms with Gasteiger partial charge in [-0.1, -0.05) is 13.8 Å². The Morgan fingerprint density at radius 2 is 1.79 bits per heavy atom. The van der Waals surface area contributed by atoms with Gasteiger partial charge in [0.05, 0.1) is 6.61 Å². The van der Waals surface area contributed by atoms with Crippen LogP contribution in [0.25, 0.3) is 0 Å². The molecule has 0 rings (SSSR count). The first-order chi connectivity index (χ1) is 6.62. The molecular formula is C10H24N2O2. The molecule has 0 unspecified atom stereocenters. The molecule has 4 heteroatoms. The van der Waals surface area contributed by atoms with Crippen molar-refractivity contribution in [2.45, 2.75) is 27.7 Å². The lowest BCUT2D eigenvalue weighted by molar-refractivity contribution is -0.118. The Bertz CT molecular complexity index is 125. The largest absolute Gasteiger partial charge is 0.395 e. The summed E-state index contributed by atoms with van der Waals surface area (Å²) in [7, 11) is 0. The normalized spacial score (nSPS) is 9.29. The number of carbonyl (C=O) groups is 1. The van der Waals surface area contributed by atoms with E-state index in [9.17, 15) is 4.79 Å². The Balaban J connectivity index is 0. The Kier molecular flexibility index (Phi) is 14.0. The van der Waals surface area contributed by atoms with Gasteiger partial charge in [0.15, 0.2) is 0 Å². The zero-order valence-corrected chi connectivity index (χ0v) is 9.84. The predicted molar refractivity (Wildman–Crippen MR) is 59.2 cm³/mol. The molecule has 2 N–H and O–H groups in total. The number of nitrogens with zero attached hydrogens (tertiary/aromatic N) is 1. The molecule has 14 heavy (non-hydrogen) atoms. The van der Waals surface area contributed by atoms with Crippen molar-refractivity contribution in [1.82, 2.24) is 10.2 Å². The van der Waals surface area contributed by atoms with Gasteiger partial charge < -0.3 is 15.3 Å². The van der Waals surface area contributed by atoms with Crippen molar-refractivity contribution in [2.24, 2.45) is 0 Å². The summed E-state index contributed by atoms with van der Waals surface area (Å²) in [6.07, 6.45) is 0. The van der Waals surface area contributed by atoms with Gasteiger partial charge in [-0.3, -0.25) is 4.79 Å². The molecule has 0 saturated heterocycles. The Morgan fingerprint density at radius 3 is 1.86 bits per heavy atom. The first-order valence-corrected chi connectivity index (χ1v) is 5.19. The van der Waals surface area contributed by atoms with E-state index in [1.165, 1.54) is 6.92 Å². The van der Waals surface area contributed by atoms with E-state index >= 15 is 0 Å². The summed E-state index contributed by atoms with van der Waals surface area (Å²) in [5.41, 5.74) is 0. The third-order valence-corrected chi connectivity index (χ3v) is 1.74.